The molecular formula is C13H12N4S. The van der Waals surface area contributed by atoms with Gasteiger partial charge in [0, 0.05) is 18.0 Å². The summed E-state index contributed by atoms with van der Waals surface area (Å²) in [5, 5.41) is 3.62. The molecule has 3 rings (SSSR count). The third-order valence-electron chi connectivity index (χ3n) is 2.75. The van der Waals surface area contributed by atoms with Gasteiger partial charge in [0.25, 0.3) is 0 Å². The van der Waals surface area contributed by atoms with Crippen LogP contribution in [0.2, 0.25) is 0 Å². The van der Waals surface area contributed by atoms with Gasteiger partial charge in [0.1, 0.15) is 6.33 Å². The van der Waals surface area contributed by atoms with Crippen LogP contribution >= 0.6 is 11.3 Å². The summed E-state index contributed by atoms with van der Waals surface area (Å²) in [5.74, 6) is 6.53. The zero-order valence-electron chi connectivity index (χ0n) is 9.87. The van der Waals surface area contributed by atoms with E-state index >= 15 is 0 Å². The number of hydrogen-bond acceptors (Lipinski definition) is 5. The second kappa shape index (κ2) is 4.36. The highest BCUT2D eigenvalue weighted by Gasteiger charge is 2.12. The van der Waals surface area contributed by atoms with Crippen LogP contribution in [-0.4, -0.2) is 17.0 Å². The van der Waals surface area contributed by atoms with Gasteiger partial charge in [-0.15, -0.1) is 11.3 Å². The fourth-order valence-corrected chi connectivity index (χ4v) is 2.97. The first-order valence-corrected chi connectivity index (χ1v) is 6.41. The number of anilines is 1. The fraction of sp³-hybridized carbons (Fsp3) is 0.0769. The van der Waals surface area contributed by atoms with Crippen LogP contribution in [0.25, 0.3) is 21.3 Å². The van der Waals surface area contributed by atoms with Gasteiger partial charge in [0.15, 0.2) is 5.82 Å². The minimum absolute atomic E-state index is 0.757. The fourth-order valence-electron chi connectivity index (χ4n) is 1.91. The maximum atomic E-state index is 5.78. The van der Waals surface area contributed by atoms with Crippen molar-refractivity contribution in [1.29, 1.82) is 0 Å². The molecule has 0 radical (unpaired) electrons. The van der Waals surface area contributed by atoms with Gasteiger partial charge in [-0.25, -0.2) is 15.8 Å². The average Bonchev–Trinajstić information content (AvgIpc) is 2.83. The van der Waals surface area contributed by atoms with Crippen molar-refractivity contribution < 1.29 is 0 Å². The SMILES string of the molecule is CN(N)c1ncnc2c(-c3ccccc3)csc12. The lowest BCUT2D eigenvalue weighted by Crippen LogP contribution is -2.26. The monoisotopic (exact) mass is 256 g/mol. The molecule has 0 amide bonds. The Kier molecular flexibility index (Phi) is 2.70. The molecule has 5 heteroatoms. The molecule has 0 saturated carbocycles. The lowest BCUT2D eigenvalue weighted by molar-refractivity contribution is 0.980. The summed E-state index contributed by atoms with van der Waals surface area (Å²) in [4.78, 5) is 8.59. The summed E-state index contributed by atoms with van der Waals surface area (Å²) >= 11 is 1.62. The van der Waals surface area contributed by atoms with Crippen LogP contribution in [0.15, 0.2) is 42.0 Å². The molecule has 3 aromatic rings. The van der Waals surface area contributed by atoms with E-state index in [4.69, 9.17) is 5.84 Å². The quantitative estimate of drug-likeness (QED) is 0.565. The molecule has 0 unspecified atom stereocenters. The summed E-state index contributed by atoms with van der Waals surface area (Å²) in [6.07, 6.45) is 1.56. The Morgan fingerprint density at radius 1 is 1.17 bits per heavy atom. The predicted molar refractivity (Wildman–Crippen MR) is 75.4 cm³/mol. The van der Waals surface area contributed by atoms with Gasteiger partial charge in [-0.1, -0.05) is 30.3 Å². The third-order valence-corrected chi connectivity index (χ3v) is 3.72. The van der Waals surface area contributed by atoms with E-state index in [-0.39, 0.29) is 0 Å². The first kappa shape index (κ1) is 11.1. The number of hydrogen-bond donors (Lipinski definition) is 1. The molecule has 2 N–H and O–H groups in total. The van der Waals surface area contributed by atoms with Gasteiger partial charge in [0.2, 0.25) is 0 Å². The minimum Gasteiger partial charge on any atom is -0.297 e. The van der Waals surface area contributed by atoms with E-state index in [9.17, 15) is 0 Å². The van der Waals surface area contributed by atoms with Crippen molar-refractivity contribution in [2.45, 2.75) is 0 Å². The van der Waals surface area contributed by atoms with Crippen LogP contribution < -0.4 is 10.9 Å². The van der Waals surface area contributed by atoms with Crippen molar-refractivity contribution in [1.82, 2.24) is 9.97 Å². The maximum Gasteiger partial charge on any atom is 0.163 e. The number of nitrogens with zero attached hydrogens (tertiary/aromatic N) is 3. The first-order valence-electron chi connectivity index (χ1n) is 5.53. The van der Waals surface area contributed by atoms with Crippen LogP contribution in [0.3, 0.4) is 0 Å². The lowest BCUT2D eigenvalue weighted by Gasteiger charge is -2.10. The molecule has 0 atom stereocenters. The third kappa shape index (κ3) is 1.73. The Morgan fingerprint density at radius 3 is 2.67 bits per heavy atom. The number of rotatable bonds is 2. The molecule has 0 aliphatic heterocycles. The van der Waals surface area contributed by atoms with E-state index in [1.807, 2.05) is 18.2 Å². The van der Waals surface area contributed by atoms with Crippen molar-refractivity contribution in [3.8, 4) is 11.1 Å². The standard InChI is InChI=1S/C13H12N4S/c1-17(14)13-12-11(15-8-16-13)10(7-18-12)9-5-3-2-4-6-9/h2-8H,14H2,1H3. The van der Waals surface area contributed by atoms with Crippen LogP contribution in [0.5, 0.6) is 0 Å². The summed E-state index contributed by atoms with van der Waals surface area (Å²) in [6, 6.07) is 10.2. The maximum absolute atomic E-state index is 5.78. The van der Waals surface area contributed by atoms with Crippen LogP contribution in [0.4, 0.5) is 5.82 Å². The zero-order valence-corrected chi connectivity index (χ0v) is 10.7. The van der Waals surface area contributed by atoms with Crippen molar-refractivity contribution in [2.75, 3.05) is 12.1 Å². The summed E-state index contributed by atoms with van der Waals surface area (Å²) in [7, 11) is 1.78. The Hall–Kier alpha value is -1.98. The molecule has 4 nitrogen and oxygen atoms in total. The number of fused-ring (bicyclic) bond motifs is 1. The molecule has 0 spiro atoms. The Bertz CT molecular complexity index is 676. The Labute approximate surface area is 109 Å². The largest absolute Gasteiger partial charge is 0.297 e. The van der Waals surface area contributed by atoms with E-state index in [1.54, 1.807) is 24.7 Å². The molecule has 0 bridgehead atoms. The van der Waals surface area contributed by atoms with Crippen molar-refractivity contribution in [2.24, 2.45) is 5.84 Å². The van der Waals surface area contributed by atoms with E-state index in [2.05, 4.69) is 27.5 Å². The predicted octanol–water partition coefficient (Wildman–Crippen LogP) is 2.67. The number of hydrazine groups is 1. The Morgan fingerprint density at radius 2 is 1.94 bits per heavy atom. The van der Waals surface area contributed by atoms with Gasteiger partial charge >= 0.3 is 0 Å². The lowest BCUT2D eigenvalue weighted by atomic mass is 10.1. The van der Waals surface area contributed by atoms with Crippen molar-refractivity contribution in [3.63, 3.8) is 0 Å². The molecule has 90 valence electrons. The molecular weight excluding hydrogens is 244 g/mol. The summed E-state index contributed by atoms with van der Waals surface area (Å²) < 4.78 is 1.02. The van der Waals surface area contributed by atoms with E-state index in [0.717, 1.165) is 27.2 Å². The molecule has 0 fully saturated rings. The average molecular weight is 256 g/mol. The number of thiophene rings is 1. The number of nitrogens with two attached hydrogens (primary N) is 1. The van der Waals surface area contributed by atoms with Gasteiger partial charge in [-0.05, 0) is 5.56 Å². The highest BCUT2D eigenvalue weighted by molar-refractivity contribution is 7.18. The molecule has 0 aliphatic rings. The molecule has 0 saturated heterocycles. The highest BCUT2D eigenvalue weighted by atomic mass is 32.1. The summed E-state index contributed by atoms with van der Waals surface area (Å²) in [5.41, 5.74) is 3.24. The van der Waals surface area contributed by atoms with Gasteiger partial charge in [-0.2, -0.15) is 0 Å². The molecule has 2 heterocycles. The minimum atomic E-state index is 0.757. The van der Waals surface area contributed by atoms with Gasteiger partial charge in [0.05, 0.1) is 10.2 Å². The van der Waals surface area contributed by atoms with Crippen LogP contribution in [0.1, 0.15) is 0 Å². The van der Waals surface area contributed by atoms with Crippen LogP contribution in [-0.2, 0) is 0 Å². The highest BCUT2D eigenvalue weighted by Crippen LogP contribution is 2.35. The van der Waals surface area contributed by atoms with Gasteiger partial charge < -0.3 is 0 Å². The zero-order chi connectivity index (χ0) is 12.5. The second-order valence-corrected chi connectivity index (χ2v) is 4.88. The first-order chi connectivity index (χ1) is 8.77. The van der Waals surface area contributed by atoms with Crippen molar-refractivity contribution in [3.05, 3.63) is 42.0 Å². The van der Waals surface area contributed by atoms with E-state index in [1.165, 1.54) is 5.01 Å². The molecule has 2 aromatic heterocycles. The molecule has 18 heavy (non-hydrogen) atoms. The van der Waals surface area contributed by atoms with E-state index in [0.29, 0.717) is 0 Å². The van der Waals surface area contributed by atoms with Crippen molar-refractivity contribution >= 4 is 27.4 Å². The van der Waals surface area contributed by atoms with E-state index < -0.39 is 0 Å². The Balaban J connectivity index is 2.25. The van der Waals surface area contributed by atoms with Gasteiger partial charge in [-0.3, -0.25) is 5.01 Å². The summed E-state index contributed by atoms with van der Waals surface area (Å²) in [6.45, 7) is 0. The molecule has 1 aromatic carbocycles. The second-order valence-electron chi connectivity index (χ2n) is 4.00. The molecule has 0 aliphatic carbocycles. The normalized spacial score (nSPS) is 10.8. The smallest absolute Gasteiger partial charge is 0.163 e. The number of aromatic nitrogens is 2. The topological polar surface area (TPSA) is 55.0 Å². The number of benzene rings is 1. The van der Waals surface area contributed by atoms with Crippen LogP contribution in [0, 0.1) is 0 Å².